The number of carbonyl (C=O) groups excluding carboxylic acids is 1. The average Bonchev–Trinajstić information content (AvgIpc) is 2.19. The van der Waals surface area contributed by atoms with E-state index in [0.29, 0.717) is 12.3 Å². The van der Waals surface area contributed by atoms with Gasteiger partial charge in [-0.1, -0.05) is 19.1 Å². The fraction of sp³-hybridized carbons (Fsp3) is 0.364. The van der Waals surface area contributed by atoms with Crippen molar-refractivity contribution in [1.29, 1.82) is 0 Å². The van der Waals surface area contributed by atoms with Gasteiger partial charge < -0.3 is 5.32 Å². The van der Waals surface area contributed by atoms with Crippen LogP contribution < -0.4 is 5.32 Å². The van der Waals surface area contributed by atoms with Crippen LogP contribution in [-0.4, -0.2) is 11.8 Å². The molecule has 3 heteroatoms. The molecule has 0 bridgehead atoms. The van der Waals surface area contributed by atoms with E-state index in [1.54, 1.807) is 0 Å². The number of rotatable bonds is 4. The molecule has 0 aliphatic rings. The summed E-state index contributed by atoms with van der Waals surface area (Å²) in [5, 5.41) is 2.77. The quantitative estimate of drug-likeness (QED) is 0.763. The van der Waals surface area contributed by atoms with Crippen molar-refractivity contribution >= 4 is 23.2 Å². The number of anilines is 1. The van der Waals surface area contributed by atoms with Crippen LogP contribution >= 0.6 is 11.6 Å². The maximum Gasteiger partial charge on any atom is 0.225 e. The van der Waals surface area contributed by atoms with Crippen molar-refractivity contribution in [2.45, 2.75) is 19.8 Å². The molecule has 0 spiro atoms. The van der Waals surface area contributed by atoms with Gasteiger partial charge >= 0.3 is 0 Å². The summed E-state index contributed by atoms with van der Waals surface area (Å²) in [6.07, 6.45) is 1.37. The third-order valence-corrected chi connectivity index (χ3v) is 2.16. The van der Waals surface area contributed by atoms with Crippen molar-refractivity contribution < 1.29 is 4.79 Å². The van der Waals surface area contributed by atoms with Gasteiger partial charge in [-0.25, -0.2) is 0 Å². The Morgan fingerprint density at radius 1 is 1.36 bits per heavy atom. The molecule has 0 aliphatic heterocycles. The largest absolute Gasteiger partial charge is 0.326 e. The first-order valence-corrected chi connectivity index (χ1v) is 5.24. The summed E-state index contributed by atoms with van der Waals surface area (Å²) in [6, 6.07) is 7.84. The highest BCUT2D eigenvalue weighted by molar-refractivity contribution is 6.19. The smallest absolute Gasteiger partial charge is 0.225 e. The molecule has 0 heterocycles. The van der Waals surface area contributed by atoms with E-state index < -0.39 is 0 Å². The van der Waals surface area contributed by atoms with Gasteiger partial charge in [0.15, 0.2) is 0 Å². The van der Waals surface area contributed by atoms with Crippen LogP contribution in [0.5, 0.6) is 0 Å². The first-order valence-electron chi connectivity index (χ1n) is 4.71. The van der Waals surface area contributed by atoms with Crippen molar-refractivity contribution in [3.63, 3.8) is 0 Å². The molecule has 0 saturated heterocycles. The molecular formula is C11H14ClNO. The summed E-state index contributed by atoms with van der Waals surface area (Å²) in [4.78, 5) is 11.2. The highest BCUT2D eigenvalue weighted by Crippen LogP contribution is 2.10. The fourth-order valence-corrected chi connectivity index (χ4v) is 1.30. The van der Waals surface area contributed by atoms with Gasteiger partial charge in [-0.3, -0.25) is 4.79 Å². The van der Waals surface area contributed by atoms with Crippen molar-refractivity contribution in [2.24, 2.45) is 0 Å². The molecule has 14 heavy (non-hydrogen) atoms. The molecule has 0 fully saturated rings. The predicted molar refractivity (Wildman–Crippen MR) is 59.8 cm³/mol. The van der Waals surface area contributed by atoms with Gasteiger partial charge in [-0.2, -0.15) is 0 Å². The average molecular weight is 212 g/mol. The Bertz CT molecular complexity index is 295. The molecule has 0 atom stereocenters. The molecular weight excluding hydrogens is 198 g/mol. The summed E-state index contributed by atoms with van der Waals surface area (Å²) in [5.41, 5.74) is 2.10. The van der Waals surface area contributed by atoms with Crippen molar-refractivity contribution in [2.75, 3.05) is 11.2 Å². The zero-order chi connectivity index (χ0) is 10.4. The molecule has 1 amide bonds. The number of halogens is 1. The molecule has 0 aromatic heterocycles. The summed E-state index contributed by atoms with van der Waals surface area (Å²) >= 11 is 5.45. The van der Waals surface area contributed by atoms with Crippen LogP contribution in [0.25, 0.3) is 0 Å². The first-order chi connectivity index (χ1) is 6.76. The number of alkyl halides is 1. The second-order valence-corrected chi connectivity index (χ2v) is 3.42. The third kappa shape index (κ3) is 3.38. The van der Waals surface area contributed by atoms with Crippen LogP contribution in [0.15, 0.2) is 24.3 Å². The van der Waals surface area contributed by atoms with Crippen LogP contribution in [0.2, 0.25) is 0 Å². The number of hydrogen-bond acceptors (Lipinski definition) is 1. The zero-order valence-electron chi connectivity index (χ0n) is 8.22. The normalized spacial score (nSPS) is 9.86. The Labute approximate surface area is 89.3 Å². The molecule has 2 nitrogen and oxygen atoms in total. The number of aryl methyl sites for hydroxylation is 1. The molecule has 0 saturated carbocycles. The Kier molecular flexibility index (Phi) is 4.47. The lowest BCUT2D eigenvalue weighted by molar-refractivity contribution is -0.115. The summed E-state index contributed by atoms with van der Waals surface area (Å²) in [5.74, 6) is 0.322. The van der Waals surface area contributed by atoms with E-state index >= 15 is 0 Å². The van der Waals surface area contributed by atoms with Crippen LogP contribution in [0, 0.1) is 0 Å². The number of carbonyl (C=O) groups is 1. The van der Waals surface area contributed by atoms with Crippen LogP contribution in [0.3, 0.4) is 0 Å². The zero-order valence-corrected chi connectivity index (χ0v) is 8.97. The van der Waals surface area contributed by atoms with Gasteiger partial charge in [0.25, 0.3) is 0 Å². The highest BCUT2D eigenvalue weighted by atomic mass is 35.5. The third-order valence-electron chi connectivity index (χ3n) is 1.97. The maximum atomic E-state index is 11.2. The SMILES string of the molecule is CCc1ccc(NC(=O)CCCl)cc1. The molecule has 0 radical (unpaired) electrons. The number of benzene rings is 1. The van der Waals surface area contributed by atoms with E-state index in [1.165, 1.54) is 5.56 Å². The van der Waals surface area contributed by atoms with Gasteiger partial charge in [0.05, 0.1) is 0 Å². The molecule has 1 aromatic rings. The Balaban J connectivity index is 2.55. The summed E-state index contributed by atoms with van der Waals surface area (Å²) in [7, 11) is 0. The van der Waals surface area contributed by atoms with E-state index in [9.17, 15) is 4.79 Å². The number of nitrogens with one attached hydrogen (secondary N) is 1. The number of hydrogen-bond donors (Lipinski definition) is 1. The van der Waals surface area contributed by atoms with Crippen molar-refractivity contribution in [3.05, 3.63) is 29.8 Å². The lowest BCUT2D eigenvalue weighted by atomic mass is 10.1. The fourth-order valence-electron chi connectivity index (χ4n) is 1.13. The van der Waals surface area contributed by atoms with Gasteiger partial charge in [0.2, 0.25) is 5.91 Å². The summed E-state index contributed by atoms with van der Waals surface area (Å²) < 4.78 is 0. The van der Waals surface area contributed by atoms with E-state index in [0.717, 1.165) is 12.1 Å². The molecule has 1 N–H and O–H groups in total. The minimum Gasteiger partial charge on any atom is -0.326 e. The van der Waals surface area contributed by atoms with Crippen molar-refractivity contribution in [1.82, 2.24) is 0 Å². The standard InChI is InChI=1S/C11H14ClNO/c1-2-9-3-5-10(6-4-9)13-11(14)7-8-12/h3-6H,2,7-8H2,1H3,(H,13,14). The Hall–Kier alpha value is -1.02. The molecule has 76 valence electrons. The predicted octanol–water partition coefficient (Wildman–Crippen LogP) is 2.82. The maximum absolute atomic E-state index is 11.2. The topological polar surface area (TPSA) is 29.1 Å². The van der Waals surface area contributed by atoms with Gasteiger partial charge in [0, 0.05) is 18.0 Å². The minimum absolute atomic E-state index is 0.0377. The van der Waals surface area contributed by atoms with Gasteiger partial charge in [-0.15, -0.1) is 11.6 Å². The Morgan fingerprint density at radius 2 is 2.00 bits per heavy atom. The van der Waals surface area contributed by atoms with Gasteiger partial charge in [0.1, 0.15) is 0 Å². The monoisotopic (exact) mass is 211 g/mol. The summed E-state index contributed by atoms with van der Waals surface area (Å²) in [6.45, 7) is 2.10. The number of amides is 1. The van der Waals surface area contributed by atoms with Crippen LogP contribution in [-0.2, 0) is 11.2 Å². The highest BCUT2D eigenvalue weighted by Gasteiger charge is 2.00. The second kappa shape index (κ2) is 5.66. The van der Waals surface area contributed by atoms with Crippen LogP contribution in [0.1, 0.15) is 18.9 Å². The second-order valence-electron chi connectivity index (χ2n) is 3.04. The molecule has 0 aliphatic carbocycles. The van der Waals surface area contributed by atoms with Crippen LogP contribution in [0.4, 0.5) is 5.69 Å². The van der Waals surface area contributed by atoms with Gasteiger partial charge in [-0.05, 0) is 24.1 Å². The van der Waals surface area contributed by atoms with E-state index in [1.807, 2.05) is 24.3 Å². The lowest BCUT2D eigenvalue weighted by Gasteiger charge is -2.04. The molecule has 0 unspecified atom stereocenters. The van der Waals surface area contributed by atoms with Crippen molar-refractivity contribution in [3.8, 4) is 0 Å². The van der Waals surface area contributed by atoms with E-state index in [-0.39, 0.29) is 5.91 Å². The first kappa shape index (κ1) is 11.1. The molecule has 1 rings (SSSR count). The van der Waals surface area contributed by atoms with E-state index in [4.69, 9.17) is 11.6 Å². The Morgan fingerprint density at radius 3 is 2.50 bits per heavy atom. The molecule has 1 aromatic carbocycles. The van der Waals surface area contributed by atoms with E-state index in [2.05, 4.69) is 12.2 Å². The minimum atomic E-state index is -0.0377. The lowest BCUT2D eigenvalue weighted by Crippen LogP contribution is -2.11.